The van der Waals surface area contributed by atoms with E-state index in [2.05, 4.69) is 9.97 Å². The lowest BCUT2D eigenvalue weighted by Crippen LogP contribution is -2.19. The van der Waals surface area contributed by atoms with Crippen LogP contribution >= 0.6 is 11.6 Å². The molecule has 0 saturated heterocycles. The molecule has 2 rings (SSSR count). The van der Waals surface area contributed by atoms with E-state index < -0.39 is 22.9 Å². The van der Waals surface area contributed by atoms with Gasteiger partial charge in [0.25, 0.3) is 11.5 Å². The Bertz CT molecular complexity index is 799. The van der Waals surface area contributed by atoms with Crippen molar-refractivity contribution < 1.29 is 13.5 Å². The molecule has 0 unspecified atom stereocenters. The van der Waals surface area contributed by atoms with E-state index in [1.807, 2.05) is 6.07 Å². The predicted octanol–water partition coefficient (Wildman–Crippen LogP) is 3.51. The average molecular weight is 326 g/mol. The molecular weight excluding hydrogens is 316 g/mol. The fraction of sp³-hybridized carbons (Fsp3) is 0.214. The summed E-state index contributed by atoms with van der Waals surface area (Å²) in [6, 6.07) is 4.69. The largest absolute Gasteiger partial charge is 0.448 e. The molecule has 1 aromatic carbocycles. The van der Waals surface area contributed by atoms with E-state index in [0.717, 1.165) is 6.33 Å². The van der Waals surface area contributed by atoms with E-state index in [1.54, 1.807) is 6.92 Å². The van der Waals surface area contributed by atoms with E-state index in [0.29, 0.717) is 12.5 Å². The quantitative estimate of drug-likeness (QED) is 0.936. The van der Waals surface area contributed by atoms with Crippen LogP contribution in [0.3, 0.4) is 0 Å². The molecule has 1 aromatic heterocycles. The smallest absolute Gasteiger partial charge is 0.294 e. The average Bonchev–Trinajstić information content (AvgIpc) is 2.42. The molecular formula is C14H10ClF2N3O2. The lowest BCUT2D eigenvalue weighted by molar-refractivity contribution is 0.0103. The molecule has 2 aromatic rings. The third-order valence-electron chi connectivity index (χ3n) is 2.79. The summed E-state index contributed by atoms with van der Waals surface area (Å²) < 4.78 is 32.4. The van der Waals surface area contributed by atoms with E-state index in [1.165, 1.54) is 12.1 Å². The summed E-state index contributed by atoms with van der Waals surface area (Å²) in [6.45, 7) is 2.19. The van der Waals surface area contributed by atoms with Crippen LogP contribution in [0.5, 0.6) is 11.5 Å². The molecule has 8 heteroatoms. The standard InChI is InChI=1S/C14H10ClF2N3O2/c1-7-3-8(5-18)4-9(15)10(7)22-11-12(14(2,16)17)19-6-20-13(11)21/h3-4,6H,1-2H3,(H,19,20,21). The minimum atomic E-state index is -3.36. The number of benzene rings is 1. The number of aryl methyl sites for hydroxylation is 1. The van der Waals surface area contributed by atoms with E-state index in [4.69, 9.17) is 21.6 Å². The maximum Gasteiger partial charge on any atom is 0.294 e. The maximum atomic E-state index is 13.5. The second-order valence-corrected chi connectivity index (χ2v) is 5.02. The van der Waals surface area contributed by atoms with Crippen molar-refractivity contribution in [1.29, 1.82) is 5.26 Å². The molecule has 22 heavy (non-hydrogen) atoms. The SMILES string of the molecule is Cc1cc(C#N)cc(Cl)c1Oc1c(C(C)(F)F)nc[nH]c1=O. The molecule has 0 bridgehead atoms. The molecule has 0 fully saturated rings. The highest BCUT2D eigenvalue weighted by Crippen LogP contribution is 2.37. The summed E-state index contributed by atoms with van der Waals surface area (Å²) >= 11 is 5.99. The molecule has 0 spiro atoms. The number of hydrogen-bond donors (Lipinski definition) is 1. The van der Waals surface area contributed by atoms with Gasteiger partial charge in [-0.1, -0.05) is 11.6 Å². The molecule has 0 atom stereocenters. The van der Waals surface area contributed by atoms with Gasteiger partial charge in [-0.05, 0) is 24.6 Å². The summed E-state index contributed by atoms with van der Waals surface area (Å²) in [5, 5.41) is 8.88. The Morgan fingerprint density at radius 2 is 2.09 bits per heavy atom. The van der Waals surface area contributed by atoms with Gasteiger partial charge in [0.05, 0.1) is 23.0 Å². The molecule has 0 aliphatic carbocycles. The van der Waals surface area contributed by atoms with Crippen molar-refractivity contribution in [1.82, 2.24) is 9.97 Å². The number of nitriles is 1. The lowest BCUT2D eigenvalue weighted by atomic mass is 10.1. The molecule has 5 nitrogen and oxygen atoms in total. The number of ether oxygens (including phenoxy) is 1. The molecule has 1 N–H and O–H groups in total. The Balaban J connectivity index is 2.58. The van der Waals surface area contributed by atoms with Gasteiger partial charge >= 0.3 is 0 Å². The van der Waals surface area contributed by atoms with Crippen LogP contribution in [0.15, 0.2) is 23.3 Å². The summed E-state index contributed by atoms with van der Waals surface area (Å²) in [5.74, 6) is -3.98. The van der Waals surface area contributed by atoms with Crippen molar-refractivity contribution >= 4 is 11.6 Å². The first-order valence-corrected chi connectivity index (χ1v) is 6.46. The van der Waals surface area contributed by atoms with Crippen LogP contribution in [0.25, 0.3) is 0 Å². The lowest BCUT2D eigenvalue weighted by Gasteiger charge is -2.15. The first-order valence-electron chi connectivity index (χ1n) is 6.08. The highest BCUT2D eigenvalue weighted by atomic mass is 35.5. The third-order valence-corrected chi connectivity index (χ3v) is 3.07. The first-order chi connectivity index (χ1) is 10.2. The van der Waals surface area contributed by atoms with Crippen molar-refractivity contribution in [3.8, 4) is 17.6 Å². The van der Waals surface area contributed by atoms with Crippen LogP contribution in [-0.2, 0) is 5.92 Å². The minimum absolute atomic E-state index is 0.0182. The second kappa shape index (κ2) is 5.73. The zero-order valence-electron chi connectivity index (χ0n) is 11.6. The van der Waals surface area contributed by atoms with Gasteiger partial charge in [0.1, 0.15) is 5.75 Å². The Kier molecular flexibility index (Phi) is 4.15. The summed E-state index contributed by atoms with van der Waals surface area (Å²) in [6.07, 6.45) is 0.870. The number of H-pyrrole nitrogens is 1. The second-order valence-electron chi connectivity index (χ2n) is 4.62. The van der Waals surface area contributed by atoms with Crippen LogP contribution < -0.4 is 10.3 Å². The molecule has 1 heterocycles. The third kappa shape index (κ3) is 3.07. The topological polar surface area (TPSA) is 78.8 Å². The van der Waals surface area contributed by atoms with Crippen molar-refractivity contribution in [2.45, 2.75) is 19.8 Å². The van der Waals surface area contributed by atoms with Gasteiger partial charge in [0.2, 0.25) is 5.75 Å². The molecule has 0 amide bonds. The summed E-state index contributed by atoms with van der Waals surface area (Å²) in [4.78, 5) is 17.4. The van der Waals surface area contributed by atoms with Crippen LogP contribution in [0.4, 0.5) is 8.78 Å². The normalized spacial score (nSPS) is 11.1. The monoisotopic (exact) mass is 325 g/mol. The van der Waals surface area contributed by atoms with Gasteiger partial charge in [-0.3, -0.25) is 4.79 Å². The zero-order valence-corrected chi connectivity index (χ0v) is 12.3. The molecule has 0 radical (unpaired) electrons. The number of aromatic nitrogens is 2. The maximum absolute atomic E-state index is 13.5. The highest BCUT2D eigenvalue weighted by molar-refractivity contribution is 6.32. The first kappa shape index (κ1) is 15.9. The molecule has 0 saturated carbocycles. The summed E-state index contributed by atoms with van der Waals surface area (Å²) in [7, 11) is 0. The van der Waals surface area contributed by atoms with Gasteiger partial charge < -0.3 is 9.72 Å². The van der Waals surface area contributed by atoms with Crippen LogP contribution in [0.2, 0.25) is 5.02 Å². The number of hydrogen-bond acceptors (Lipinski definition) is 4. The van der Waals surface area contributed by atoms with Crippen molar-refractivity contribution in [3.63, 3.8) is 0 Å². The van der Waals surface area contributed by atoms with Gasteiger partial charge in [-0.15, -0.1) is 0 Å². The number of nitrogens with zero attached hydrogens (tertiary/aromatic N) is 2. The van der Waals surface area contributed by atoms with Crippen molar-refractivity contribution in [3.05, 3.63) is 50.7 Å². The minimum Gasteiger partial charge on any atom is -0.448 e. The van der Waals surface area contributed by atoms with Gasteiger partial charge in [0.15, 0.2) is 5.69 Å². The summed E-state index contributed by atoms with van der Waals surface area (Å²) in [5.41, 5.74) is -0.934. The Morgan fingerprint density at radius 3 is 2.64 bits per heavy atom. The van der Waals surface area contributed by atoms with E-state index >= 15 is 0 Å². The Labute approximate surface area is 129 Å². The van der Waals surface area contributed by atoms with Gasteiger partial charge in [-0.25, -0.2) is 4.98 Å². The predicted molar refractivity (Wildman–Crippen MR) is 75.4 cm³/mol. The number of rotatable bonds is 3. The van der Waals surface area contributed by atoms with Gasteiger partial charge in [0, 0.05) is 6.92 Å². The van der Waals surface area contributed by atoms with E-state index in [9.17, 15) is 13.6 Å². The van der Waals surface area contributed by atoms with Gasteiger partial charge in [-0.2, -0.15) is 14.0 Å². The Hall–Kier alpha value is -2.46. The number of alkyl halides is 2. The Morgan fingerprint density at radius 1 is 1.41 bits per heavy atom. The molecule has 0 aliphatic heterocycles. The van der Waals surface area contributed by atoms with Crippen LogP contribution in [-0.4, -0.2) is 9.97 Å². The number of halogens is 3. The highest BCUT2D eigenvalue weighted by Gasteiger charge is 2.33. The van der Waals surface area contributed by atoms with Crippen LogP contribution in [0.1, 0.15) is 23.7 Å². The van der Waals surface area contributed by atoms with E-state index in [-0.39, 0.29) is 16.3 Å². The zero-order chi connectivity index (χ0) is 16.5. The van der Waals surface area contributed by atoms with Crippen molar-refractivity contribution in [2.24, 2.45) is 0 Å². The van der Waals surface area contributed by atoms with Crippen LogP contribution in [0, 0.1) is 18.3 Å². The number of nitrogens with one attached hydrogen (secondary N) is 1. The van der Waals surface area contributed by atoms with Crippen molar-refractivity contribution in [2.75, 3.05) is 0 Å². The number of aromatic amines is 1. The fourth-order valence-electron chi connectivity index (χ4n) is 1.82. The fourth-order valence-corrected chi connectivity index (χ4v) is 2.13. The molecule has 114 valence electrons. The molecule has 0 aliphatic rings.